The van der Waals surface area contributed by atoms with Gasteiger partial charge in [-0.05, 0) is 38.0 Å². The van der Waals surface area contributed by atoms with Crippen molar-refractivity contribution in [3.63, 3.8) is 0 Å². The Morgan fingerprint density at radius 2 is 1.76 bits per heavy atom. The first-order valence-corrected chi connectivity index (χ1v) is 7.26. The molecule has 0 spiro atoms. The minimum Gasteiger partial charge on any atom is -0.373 e. The summed E-state index contributed by atoms with van der Waals surface area (Å²) in [4.78, 5) is 13.9. The lowest BCUT2D eigenvalue weighted by molar-refractivity contribution is -0.111. The summed E-state index contributed by atoms with van der Waals surface area (Å²) in [5.41, 5.74) is 4.21. The number of carbonyl (C=O) groups is 1. The van der Waals surface area contributed by atoms with Crippen molar-refractivity contribution < 1.29 is 4.79 Å². The van der Waals surface area contributed by atoms with E-state index in [0.717, 1.165) is 11.8 Å². The molecule has 2 nitrogen and oxygen atoms in total. The molecule has 110 valence electrons. The highest BCUT2D eigenvalue weighted by Gasteiger charge is 2.28. The molecule has 0 saturated heterocycles. The van der Waals surface area contributed by atoms with Gasteiger partial charge in [0.05, 0.1) is 5.41 Å². The number of carbonyl (C=O) groups excluding carboxylic acids is 1. The molecule has 0 aromatic heterocycles. The third-order valence-electron chi connectivity index (χ3n) is 4.02. The highest BCUT2D eigenvalue weighted by Crippen LogP contribution is 2.27. The van der Waals surface area contributed by atoms with Crippen molar-refractivity contribution >= 4 is 12.0 Å². The number of nitrogens with zero attached hydrogens (tertiary/aromatic N) is 1. The maximum absolute atomic E-state index is 11.7. The van der Waals surface area contributed by atoms with E-state index in [0.29, 0.717) is 6.54 Å². The summed E-state index contributed by atoms with van der Waals surface area (Å²) in [7, 11) is 2.04. The molecule has 1 atom stereocenters. The second-order valence-electron chi connectivity index (χ2n) is 6.05. The Hall–Kier alpha value is -2.09. The lowest BCUT2D eigenvalue weighted by Crippen LogP contribution is -2.38. The Balaban J connectivity index is 2.28. The predicted molar refractivity (Wildman–Crippen MR) is 89.0 cm³/mol. The third kappa shape index (κ3) is 3.33. The van der Waals surface area contributed by atoms with Crippen molar-refractivity contribution in [1.82, 2.24) is 0 Å². The van der Waals surface area contributed by atoms with Crippen LogP contribution in [0.2, 0.25) is 0 Å². The molecular formula is C19H23NO. The van der Waals surface area contributed by atoms with E-state index in [1.807, 2.05) is 44.3 Å². The van der Waals surface area contributed by atoms with Crippen LogP contribution in [0.25, 0.3) is 0 Å². The monoisotopic (exact) mass is 281 g/mol. The first kappa shape index (κ1) is 15.3. The topological polar surface area (TPSA) is 20.3 Å². The molecular weight excluding hydrogens is 258 g/mol. The minimum absolute atomic E-state index is 0.507. The van der Waals surface area contributed by atoms with Crippen molar-refractivity contribution in [2.75, 3.05) is 18.5 Å². The summed E-state index contributed by atoms with van der Waals surface area (Å²) >= 11 is 0. The number of aldehydes is 1. The second kappa shape index (κ2) is 6.13. The van der Waals surface area contributed by atoms with E-state index in [1.165, 1.54) is 16.8 Å². The fourth-order valence-electron chi connectivity index (χ4n) is 2.83. The van der Waals surface area contributed by atoms with Crippen LogP contribution in [0, 0.1) is 13.8 Å². The van der Waals surface area contributed by atoms with Crippen molar-refractivity contribution in [1.29, 1.82) is 0 Å². The molecule has 0 amide bonds. The first-order valence-electron chi connectivity index (χ1n) is 7.26. The summed E-state index contributed by atoms with van der Waals surface area (Å²) in [6, 6.07) is 16.4. The van der Waals surface area contributed by atoms with Crippen LogP contribution in [0.1, 0.15) is 23.6 Å². The van der Waals surface area contributed by atoms with Crippen LogP contribution < -0.4 is 4.90 Å². The Morgan fingerprint density at radius 1 is 1.10 bits per heavy atom. The van der Waals surface area contributed by atoms with E-state index < -0.39 is 5.41 Å². The largest absolute Gasteiger partial charge is 0.373 e. The molecule has 21 heavy (non-hydrogen) atoms. The third-order valence-corrected chi connectivity index (χ3v) is 4.02. The van der Waals surface area contributed by atoms with Crippen LogP contribution in [0.4, 0.5) is 5.69 Å². The van der Waals surface area contributed by atoms with Gasteiger partial charge in [-0.1, -0.05) is 48.0 Å². The number of anilines is 1. The van der Waals surface area contributed by atoms with Gasteiger partial charge in [-0.15, -0.1) is 0 Å². The molecule has 1 unspecified atom stereocenters. The smallest absolute Gasteiger partial charge is 0.132 e. The van der Waals surface area contributed by atoms with Crippen LogP contribution in [0.15, 0.2) is 48.5 Å². The average Bonchev–Trinajstić information content (AvgIpc) is 2.47. The molecule has 0 heterocycles. The lowest BCUT2D eigenvalue weighted by atomic mass is 9.83. The molecule has 2 heteroatoms. The zero-order valence-electron chi connectivity index (χ0n) is 13.3. The fourth-order valence-corrected chi connectivity index (χ4v) is 2.83. The van der Waals surface area contributed by atoms with Gasteiger partial charge in [0.15, 0.2) is 0 Å². The molecule has 0 radical (unpaired) electrons. The van der Waals surface area contributed by atoms with Gasteiger partial charge in [-0.25, -0.2) is 0 Å². The van der Waals surface area contributed by atoms with Crippen LogP contribution in [-0.4, -0.2) is 19.9 Å². The number of likely N-dealkylation sites (N-methyl/N-ethyl adjacent to an activating group) is 1. The Bertz CT molecular complexity index is 621. The average molecular weight is 281 g/mol. The zero-order valence-corrected chi connectivity index (χ0v) is 13.3. The van der Waals surface area contributed by atoms with Gasteiger partial charge in [0.2, 0.25) is 0 Å². The van der Waals surface area contributed by atoms with E-state index in [9.17, 15) is 4.79 Å². The molecule has 0 aliphatic heterocycles. The highest BCUT2D eigenvalue weighted by atomic mass is 16.1. The van der Waals surface area contributed by atoms with Gasteiger partial charge in [-0.2, -0.15) is 0 Å². The summed E-state index contributed by atoms with van der Waals surface area (Å²) in [5.74, 6) is 0. The normalized spacial score (nSPS) is 13.5. The van der Waals surface area contributed by atoms with Gasteiger partial charge < -0.3 is 9.69 Å². The molecule has 2 rings (SSSR count). The molecule has 0 saturated carbocycles. The standard InChI is InChI=1S/C19H23NO/c1-15-10-11-18(16(2)12-15)20(4)13-19(3,14-21)17-8-6-5-7-9-17/h5-12,14H,13H2,1-4H3. The van der Waals surface area contributed by atoms with Crippen molar-refractivity contribution in [3.05, 3.63) is 65.2 Å². The number of benzene rings is 2. The molecule has 2 aromatic rings. The van der Waals surface area contributed by atoms with E-state index >= 15 is 0 Å². The molecule has 0 fully saturated rings. The summed E-state index contributed by atoms with van der Waals surface area (Å²) < 4.78 is 0. The van der Waals surface area contributed by atoms with Gasteiger partial charge >= 0.3 is 0 Å². The van der Waals surface area contributed by atoms with Gasteiger partial charge in [-0.3, -0.25) is 0 Å². The van der Waals surface area contributed by atoms with Crippen molar-refractivity contribution in [2.45, 2.75) is 26.2 Å². The number of rotatable bonds is 5. The summed E-state index contributed by atoms with van der Waals surface area (Å²) in [5, 5.41) is 0. The fraction of sp³-hybridized carbons (Fsp3) is 0.316. The highest BCUT2D eigenvalue weighted by molar-refractivity contribution is 5.70. The second-order valence-corrected chi connectivity index (χ2v) is 6.05. The molecule has 0 bridgehead atoms. The van der Waals surface area contributed by atoms with Crippen LogP contribution >= 0.6 is 0 Å². The van der Waals surface area contributed by atoms with Crippen molar-refractivity contribution in [2.24, 2.45) is 0 Å². The lowest BCUT2D eigenvalue weighted by Gasteiger charge is -2.31. The number of hydrogen-bond donors (Lipinski definition) is 0. The quantitative estimate of drug-likeness (QED) is 0.775. The Labute approximate surface area is 127 Å². The van der Waals surface area contributed by atoms with Gasteiger partial charge in [0.1, 0.15) is 6.29 Å². The maximum Gasteiger partial charge on any atom is 0.132 e. The zero-order chi connectivity index (χ0) is 15.5. The number of aryl methyl sites for hydroxylation is 2. The van der Waals surface area contributed by atoms with Crippen LogP contribution in [0.5, 0.6) is 0 Å². The van der Waals surface area contributed by atoms with E-state index in [-0.39, 0.29) is 0 Å². The van der Waals surface area contributed by atoms with E-state index in [4.69, 9.17) is 0 Å². The number of hydrogen-bond acceptors (Lipinski definition) is 2. The molecule has 0 aliphatic rings. The van der Waals surface area contributed by atoms with Crippen LogP contribution in [0.3, 0.4) is 0 Å². The first-order chi connectivity index (χ1) is 9.96. The van der Waals surface area contributed by atoms with Crippen LogP contribution in [-0.2, 0) is 10.2 Å². The van der Waals surface area contributed by atoms with Gasteiger partial charge in [0.25, 0.3) is 0 Å². The molecule has 0 aliphatic carbocycles. The van der Waals surface area contributed by atoms with E-state index in [1.54, 1.807) is 0 Å². The predicted octanol–water partition coefficient (Wildman–Crippen LogP) is 3.90. The van der Waals surface area contributed by atoms with Crippen molar-refractivity contribution in [3.8, 4) is 0 Å². The molecule has 0 N–H and O–H groups in total. The molecule has 2 aromatic carbocycles. The minimum atomic E-state index is -0.507. The van der Waals surface area contributed by atoms with E-state index in [2.05, 4.69) is 36.9 Å². The van der Waals surface area contributed by atoms with Gasteiger partial charge in [0, 0.05) is 19.3 Å². The Kier molecular flexibility index (Phi) is 4.46. The summed E-state index contributed by atoms with van der Waals surface area (Å²) in [6.45, 7) is 6.86. The SMILES string of the molecule is Cc1ccc(N(C)CC(C)(C=O)c2ccccc2)c(C)c1. The maximum atomic E-state index is 11.7. The Morgan fingerprint density at radius 3 is 2.33 bits per heavy atom. The summed E-state index contributed by atoms with van der Waals surface area (Å²) in [6.07, 6.45) is 1.06.